The molecule has 4 aromatic rings. The Bertz CT molecular complexity index is 1160. The van der Waals surface area contributed by atoms with Crippen molar-refractivity contribution in [2.45, 2.75) is 12.5 Å². The Labute approximate surface area is 155 Å². The first-order valence-electron chi connectivity index (χ1n) is 8.65. The highest BCUT2D eigenvalue weighted by molar-refractivity contribution is 6.02. The lowest BCUT2D eigenvalue weighted by molar-refractivity contribution is -0.138. The highest BCUT2D eigenvalue weighted by Gasteiger charge is 2.18. The van der Waals surface area contributed by atoms with Crippen molar-refractivity contribution < 1.29 is 15.0 Å². The second kappa shape index (κ2) is 6.96. The third-order valence-corrected chi connectivity index (χ3v) is 4.70. The van der Waals surface area contributed by atoms with E-state index in [0.29, 0.717) is 5.56 Å². The second-order valence-electron chi connectivity index (χ2n) is 6.42. The van der Waals surface area contributed by atoms with Crippen molar-refractivity contribution in [1.29, 1.82) is 0 Å². The van der Waals surface area contributed by atoms with E-state index in [1.54, 1.807) is 6.07 Å². The molecule has 134 valence electrons. The maximum atomic E-state index is 11.7. The van der Waals surface area contributed by atoms with Crippen molar-refractivity contribution in [3.8, 4) is 5.75 Å². The van der Waals surface area contributed by atoms with Gasteiger partial charge in [0, 0.05) is 35.3 Å². The van der Waals surface area contributed by atoms with Crippen LogP contribution in [-0.4, -0.2) is 33.4 Å². The SMILES string of the molecule is O=C(O)C(Cc1c[nH]c2ccccc12)N=Cc1c(O)ccc2ccccc12. The minimum Gasteiger partial charge on any atom is -0.507 e. The normalized spacial score (nSPS) is 12.7. The Hall–Kier alpha value is -3.60. The van der Waals surface area contributed by atoms with E-state index in [1.807, 2.05) is 60.8 Å². The summed E-state index contributed by atoms with van der Waals surface area (Å²) >= 11 is 0. The Morgan fingerprint density at radius 1 is 1.04 bits per heavy atom. The number of aromatic hydroxyl groups is 1. The zero-order valence-electron chi connectivity index (χ0n) is 14.5. The lowest BCUT2D eigenvalue weighted by Crippen LogP contribution is -2.20. The average molecular weight is 358 g/mol. The van der Waals surface area contributed by atoms with Crippen molar-refractivity contribution in [3.05, 3.63) is 78.0 Å². The summed E-state index contributed by atoms with van der Waals surface area (Å²) in [6.45, 7) is 0. The first-order chi connectivity index (χ1) is 13.1. The van der Waals surface area contributed by atoms with Crippen LogP contribution >= 0.6 is 0 Å². The van der Waals surface area contributed by atoms with Crippen LogP contribution in [-0.2, 0) is 11.2 Å². The third kappa shape index (κ3) is 3.27. The van der Waals surface area contributed by atoms with Crippen LogP contribution in [0.4, 0.5) is 0 Å². The lowest BCUT2D eigenvalue weighted by Gasteiger charge is -2.08. The standard InChI is InChI=1S/C22H18N2O3/c25-21-10-9-14-5-1-2-6-16(14)18(21)13-24-20(22(26)27)11-15-12-23-19-8-4-3-7-17(15)19/h1-10,12-13,20,23,25H,11H2,(H,26,27). The molecule has 1 atom stereocenters. The van der Waals surface area contributed by atoms with E-state index in [9.17, 15) is 15.0 Å². The quantitative estimate of drug-likeness (QED) is 0.469. The second-order valence-corrected chi connectivity index (χ2v) is 6.42. The van der Waals surface area contributed by atoms with Crippen LogP contribution < -0.4 is 0 Å². The summed E-state index contributed by atoms with van der Waals surface area (Å²) in [4.78, 5) is 19.2. The Kier molecular flexibility index (Phi) is 4.34. The highest BCUT2D eigenvalue weighted by Crippen LogP contribution is 2.26. The minimum atomic E-state index is -1.00. The molecule has 3 N–H and O–H groups in total. The fourth-order valence-corrected chi connectivity index (χ4v) is 3.30. The van der Waals surface area contributed by atoms with E-state index in [2.05, 4.69) is 9.98 Å². The topological polar surface area (TPSA) is 85.7 Å². The zero-order valence-corrected chi connectivity index (χ0v) is 14.5. The third-order valence-electron chi connectivity index (χ3n) is 4.70. The van der Waals surface area contributed by atoms with Gasteiger partial charge in [-0.05, 0) is 28.5 Å². The minimum absolute atomic E-state index is 0.0775. The number of rotatable bonds is 5. The molecular weight excluding hydrogens is 340 g/mol. The van der Waals surface area contributed by atoms with E-state index in [0.717, 1.165) is 27.2 Å². The number of aliphatic carboxylic acids is 1. The molecule has 0 fully saturated rings. The summed E-state index contributed by atoms with van der Waals surface area (Å²) in [5.41, 5.74) is 2.39. The summed E-state index contributed by atoms with van der Waals surface area (Å²) in [5, 5.41) is 22.6. The molecule has 27 heavy (non-hydrogen) atoms. The predicted molar refractivity (Wildman–Crippen MR) is 107 cm³/mol. The molecule has 0 amide bonds. The first kappa shape index (κ1) is 16.8. The maximum Gasteiger partial charge on any atom is 0.328 e. The van der Waals surface area contributed by atoms with Crippen LogP contribution in [0.2, 0.25) is 0 Å². The summed E-state index contributed by atoms with van der Waals surface area (Å²) in [6, 6.07) is 17.8. The van der Waals surface area contributed by atoms with Crippen LogP contribution in [0.1, 0.15) is 11.1 Å². The molecule has 0 bridgehead atoms. The molecule has 0 aliphatic carbocycles. The van der Waals surface area contributed by atoms with Gasteiger partial charge in [0.15, 0.2) is 6.04 Å². The van der Waals surface area contributed by atoms with Crippen molar-refractivity contribution in [2.75, 3.05) is 0 Å². The molecule has 0 aliphatic heterocycles. The van der Waals surface area contributed by atoms with Gasteiger partial charge in [0.25, 0.3) is 0 Å². The monoisotopic (exact) mass is 358 g/mol. The van der Waals surface area contributed by atoms with Crippen molar-refractivity contribution in [1.82, 2.24) is 4.98 Å². The molecule has 3 aromatic carbocycles. The van der Waals surface area contributed by atoms with Gasteiger partial charge in [-0.3, -0.25) is 4.99 Å². The van der Waals surface area contributed by atoms with E-state index in [4.69, 9.17) is 0 Å². The number of phenols is 1. The average Bonchev–Trinajstić information content (AvgIpc) is 3.09. The molecule has 1 aromatic heterocycles. The number of carboxylic acid groups (broad SMARTS) is 1. The first-order valence-corrected chi connectivity index (χ1v) is 8.65. The van der Waals surface area contributed by atoms with Gasteiger partial charge in [-0.1, -0.05) is 48.5 Å². The highest BCUT2D eigenvalue weighted by atomic mass is 16.4. The number of phenolic OH excluding ortho intramolecular Hbond substituents is 1. The number of benzene rings is 3. The number of para-hydroxylation sites is 1. The van der Waals surface area contributed by atoms with Gasteiger partial charge in [0.2, 0.25) is 0 Å². The Morgan fingerprint density at radius 3 is 2.59 bits per heavy atom. The number of carboxylic acids is 1. The Balaban J connectivity index is 1.68. The predicted octanol–water partition coefficient (Wildman–Crippen LogP) is 4.14. The molecule has 5 nitrogen and oxygen atoms in total. The van der Waals surface area contributed by atoms with Gasteiger partial charge in [-0.25, -0.2) is 4.79 Å². The number of aromatic nitrogens is 1. The lowest BCUT2D eigenvalue weighted by atomic mass is 10.0. The van der Waals surface area contributed by atoms with Crippen LogP contribution in [0.25, 0.3) is 21.7 Å². The van der Waals surface area contributed by atoms with Gasteiger partial charge in [0.1, 0.15) is 5.75 Å². The number of fused-ring (bicyclic) bond motifs is 2. The summed E-state index contributed by atoms with van der Waals surface area (Å²) in [5.74, 6) is -0.926. The van der Waals surface area contributed by atoms with E-state index >= 15 is 0 Å². The number of aliphatic imine (C=N–C) groups is 1. The largest absolute Gasteiger partial charge is 0.507 e. The molecule has 0 radical (unpaired) electrons. The molecule has 0 spiro atoms. The van der Waals surface area contributed by atoms with Gasteiger partial charge in [-0.15, -0.1) is 0 Å². The summed E-state index contributed by atoms with van der Waals surface area (Å²) in [7, 11) is 0. The van der Waals surface area contributed by atoms with E-state index in [1.165, 1.54) is 6.21 Å². The number of aromatic amines is 1. The zero-order chi connectivity index (χ0) is 18.8. The molecule has 4 rings (SSSR count). The molecule has 5 heteroatoms. The number of H-pyrrole nitrogens is 1. The van der Waals surface area contributed by atoms with Gasteiger partial charge < -0.3 is 15.2 Å². The molecule has 1 unspecified atom stereocenters. The van der Waals surface area contributed by atoms with Gasteiger partial charge in [-0.2, -0.15) is 0 Å². The maximum absolute atomic E-state index is 11.7. The van der Waals surface area contributed by atoms with E-state index < -0.39 is 12.0 Å². The number of nitrogens with zero attached hydrogens (tertiary/aromatic N) is 1. The number of carbonyl (C=O) groups is 1. The fraction of sp³-hybridized carbons (Fsp3) is 0.0909. The number of hydrogen-bond acceptors (Lipinski definition) is 3. The molecule has 0 saturated heterocycles. The van der Waals surface area contributed by atoms with Crippen LogP contribution in [0.15, 0.2) is 71.9 Å². The number of hydrogen-bond donors (Lipinski definition) is 3. The fourth-order valence-electron chi connectivity index (χ4n) is 3.30. The van der Waals surface area contributed by atoms with Crippen LogP contribution in [0.3, 0.4) is 0 Å². The van der Waals surface area contributed by atoms with Gasteiger partial charge >= 0.3 is 5.97 Å². The molecular formula is C22H18N2O3. The van der Waals surface area contributed by atoms with Crippen molar-refractivity contribution in [2.24, 2.45) is 4.99 Å². The summed E-state index contributed by atoms with van der Waals surface area (Å²) in [6.07, 6.45) is 3.55. The van der Waals surface area contributed by atoms with E-state index in [-0.39, 0.29) is 12.2 Å². The molecule has 0 saturated carbocycles. The van der Waals surface area contributed by atoms with Crippen LogP contribution in [0.5, 0.6) is 5.75 Å². The van der Waals surface area contributed by atoms with Crippen LogP contribution in [0, 0.1) is 0 Å². The smallest absolute Gasteiger partial charge is 0.328 e. The molecule has 1 heterocycles. The van der Waals surface area contributed by atoms with Gasteiger partial charge in [0.05, 0.1) is 0 Å². The van der Waals surface area contributed by atoms with Crippen molar-refractivity contribution >= 4 is 33.9 Å². The van der Waals surface area contributed by atoms with Crippen molar-refractivity contribution in [3.63, 3.8) is 0 Å². The Morgan fingerprint density at radius 2 is 1.78 bits per heavy atom. The molecule has 0 aliphatic rings. The summed E-state index contributed by atoms with van der Waals surface area (Å²) < 4.78 is 0. The number of nitrogens with one attached hydrogen (secondary N) is 1.